The summed E-state index contributed by atoms with van der Waals surface area (Å²) >= 11 is 7.59. The Bertz CT molecular complexity index is 451. The number of rotatable bonds is 2. The number of hydrogen-bond donors (Lipinski definition) is 0. The molecule has 0 spiro atoms. The van der Waals surface area contributed by atoms with Gasteiger partial charge in [-0.15, -0.1) is 0 Å². The largest absolute Gasteiger partial charge is 0.294 e. The fraction of sp³-hybridized carbons (Fsp3) is 0.308. The topological polar surface area (TPSA) is 17.1 Å². The molecule has 16 heavy (non-hydrogen) atoms. The Morgan fingerprint density at radius 2 is 2.00 bits per heavy atom. The number of carbonyl (C=O) groups is 1. The minimum absolute atomic E-state index is 0.258. The van der Waals surface area contributed by atoms with Gasteiger partial charge in [0.2, 0.25) is 0 Å². The molecule has 0 saturated carbocycles. The highest BCUT2D eigenvalue weighted by atomic mass is 35.5. The molecule has 0 saturated heterocycles. The van der Waals surface area contributed by atoms with Gasteiger partial charge in [-0.2, -0.15) is 0 Å². The van der Waals surface area contributed by atoms with Crippen LogP contribution in [-0.4, -0.2) is 5.78 Å². The van der Waals surface area contributed by atoms with Crippen molar-refractivity contribution < 1.29 is 4.79 Å². The maximum absolute atomic E-state index is 11.8. The zero-order valence-corrected chi connectivity index (χ0v) is 10.7. The van der Waals surface area contributed by atoms with Crippen LogP contribution in [0.4, 0.5) is 0 Å². The van der Waals surface area contributed by atoms with Gasteiger partial charge in [-0.05, 0) is 31.9 Å². The van der Waals surface area contributed by atoms with Crippen molar-refractivity contribution >= 4 is 29.1 Å². The van der Waals surface area contributed by atoms with Crippen molar-refractivity contribution in [2.24, 2.45) is 0 Å². The van der Waals surface area contributed by atoms with Gasteiger partial charge in [0.15, 0.2) is 5.78 Å². The summed E-state index contributed by atoms with van der Waals surface area (Å²) in [6.45, 7) is 2.04. The summed E-state index contributed by atoms with van der Waals surface area (Å²) in [7, 11) is 0. The highest BCUT2D eigenvalue weighted by Crippen LogP contribution is 2.38. The van der Waals surface area contributed by atoms with E-state index in [1.54, 1.807) is 0 Å². The van der Waals surface area contributed by atoms with Crippen molar-refractivity contribution in [3.63, 3.8) is 0 Å². The number of allylic oxidation sites excluding steroid dienone is 2. The molecule has 1 aromatic carbocycles. The first kappa shape index (κ1) is 11.7. The van der Waals surface area contributed by atoms with Gasteiger partial charge >= 0.3 is 0 Å². The Morgan fingerprint density at radius 3 is 2.69 bits per heavy atom. The predicted molar refractivity (Wildman–Crippen MR) is 68.9 cm³/mol. The summed E-state index contributed by atoms with van der Waals surface area (Å²) in [5, 5.41) is 0.714. The van der Waals surface area contributed by atoms with Gasteiger partial charge in [-0.1, -0.05) is 41.1 Å². The highest BCUT2D eigenvalue weighted by molar-refractivity contribution is 8.04. The first-order chi connectivity index (χ1) is 7.68. The molecule has 0 atom stereocenters. The van der Waals surface area contributed by atoms with Crippen LogP contribution in [0.1, 0.15) is 26.2 Å². The molecule has 1 aliphatic rings. The van der Waals surface area contributed by atoms with Crippen LogP contribution in [0.25, 0.3) is 0 Å². The zero-order chi connectivity index (χ0) is 11.5. The van der Waals surface area contributed by atoms with Crippen molar-refractivity contribution in [1.82, 2.24) is 0 Å². The minimum atomic E-state index is 0.258. The van der Waals surface area contributed by atoms with Crippen LogP contribution in [0.5, 0.6) is 0 Å². The molecule has 0 bridgehead atoms. The Hall–Kier alpha value is -0.730. The molecule has 0 amide bonds. The van der Waals surface area contributed by atoms with Gasteiger partial charge in [-0.25, -0.2) is 0 Å². The Labute approximate surface area is 105 Å². The van der Waals surface area contributed by atoms with E-state index in [4.69, 9.17) is 11.6 Å². The van der Waals surface area contributed by atoms with E-state index >= 15 is 0 Å². The smallest absolute Gasteiger partial charge is 0.169 e. The second-order valence-corrected chi connectivity index (χ2v) is 5.38. The van der Waals surface area contributed by atoms with Gasteiger partial charge in [0.25, 0.3) is 0 Å². The second kappa shape index (κ2) is 5.07. The molecule has 0 aliphatic heterocycles. The molecular weight excluding hydrogens is 240 g/mol. The number of hydrogen-bond acceptors (Lipinski definition) is 2. The van der Waals surface area contributed by atoms with Crippen LogP contribution in [0.3, 0.4) is 0 Å². The zero-order valence-electron chi connectivity index (χ0n) is 9.13. The van der Waals surface area contributed by atoms with Gasteiger partial charge < -0.3 is 0 Å². The fourth-order valence-corrected chi connectivity index (χ4v) is 3.04. The van der Waals surface area contributed by atoms with Gasteiger partial charge in [0.1, 0.15) is 0 Å². The minimum Gasteiger partial charge on any atom is -0.294 e. The maximum atomic E-state index is 11.8. The number of carbonyl (C=O) groups excluding carboxylic acids is 1. The molecule has 0 N–H and O–H groups in total. The highest BCUT2D eigenvalue weighted by Gasteiger charge is 2.19. The van der Waals surface area contributed by atoms with Crippen LogP contribution in [-0.2, 0) is 4.79 Å². The van der Waals surface area contributed by atoms with Crippen LogP contribution in [0.15, 0.2) is 39.6 Å². The number of Topliss-reactive ketones (excluding diaryl/α,β-unsaturated/α-hetero) is 1. The van der Waals surface area contributed by atoms with E-state index in [-0.39, 0.29) is 5.78 Å². The van der Waals surface area contributed by atoms with Crippen molar-refractivity contribution in [1.29, 1.82) is 0 Å². The van der Waals surface area contributed by atoms with E-state index in [9.17, 15) is 4.79 Å². The van der Waals surface area contributed by atoms with E-state index in [2.05, 4.69) is 0 Å². The monoisotopic (exact) mass is 252 g/mol. The molecule has 0 fully saturated rings. The molecule has 0 aromatic heterocycles. The van der Waals surface area contributed by atoms with Crippen LogP contribution in [0, 0.1) is 0 Å². The molecule has 1 aliphatic carbocycles. The molecule has 1 nitrogen and oxygen atoms in total. The first-order valence-electron chi connectivity index (χ1n) is 5.34. The first-order valence-corrected chi connectivity index (χ1v) is 6.53. The lowest BCUT2D eigenvalue weighted by Gasteiger charge is -2.16. The van der Waals surface area contributed by atoms with Gasteiger partial charge in [-0.3, -0.25) is 4.79 Å². The quantitative estimate of drug-likeness (QED) is 0.773. The lowest BCUT2D eigenvalue weighted by atomic mass is 10.00. The lowest BCUT2D eigenvalue weighted by molar-refractivity contribution is -0.115. The molecule has 0 unspecified atom stereocenters. The Morgan fingerprint density at radius 1 is 1.25 bits per heavy atom. The number of halogens is 1. The third kappa shape index (κ3) is 2.50. The van der Waals surface area contributed by atoms with Crippen molar-refractivity contribution in [2.75, 3.05) is 0 Å². The summed E-state index contributed by atoms with van der Waals surface area (Å²) < 4.78 is 0. The average molecular weight is 253 g/mol. The lowest BCUT2D eigenvalue weighted by Crippen LogP contribution is -2.07. The SMILES string of the molecule is CC1=C(Sc2ccccc2Cl)C(=O)CCC1. The van der Waals surface area contributed by atoms with Crippen molar-refractivity contribution in [3.8, 4) is 0 Å². The molecule has 1 aromatic rings. The summed E-state index contributed by atoms with van der Waals surface area (Å²) in [6.07, 6.45) is 2.68. The standard InChI is InChI=1S/C13H13ClOS/c1-9-5-4-7-11(15)13(9)16-12-8-3-2-6-10(12)14/h2-3,6,8H,4-5,7H2,1H3. The van der Waals surface area contributed by atoms with E-state index in [1.807, 2.05) is 31.2 Å². The Kier molecular flexibility index (Phi) is 3.72. The van der Waals surface area contributed by atoms with Crippen LogP contribution < -0.4 is 0 Å². The summed E-state index contributed by atoms with van der Waals surface area (Å²) in [5.41, 5.74) is 1.20. The molecular formula is C13H13ClOS. The Balaban J connectivity index is 2.27. The molecule has 0 radical (unpaired) electrons. The molecule has 0 heterocycles. The summed E-state index contributed by atoms with van der Waals surface area (Å²) in [6, 6.07) is 7.65. The maximum Gasteiger partial charge on any atom is 0.169 e. The second-order valence-electron chi connectivity index (χ2n) is 3.92. The van der Waals surface area contributed by atoms with E-state index in [1.165, 1.54) is 17.3 Å². The number of benzene rings is 1. The van der Waals surface area contributed by atoms with Gasteiger partial charge in [0.05, 0.1) is 9.93 Å². The van der Waals surface area contributed by atoms with E-state index in [0.717, 1.165) is 22.6 Å². The predicted octanol–water partition coefficient (Wildman–Crippen LogP) is 4.46. The van der Waals surface area contributed by atoms with Gasteiger partial charge in [0, 0.05) is 11.3 Å². The van der Waals surface area contributed by atoms with Crippen molar-refractivity contribution in [3.05, 3.63) is 39.8 Å². The fourth-order valence-electron chi connectivity index (χ4n) is 1.76. The third-order valence-corrected chi connectivity index (χ3v) is 4.44. The third-order valence-electron chi connectivity index (χ3n) is 2.65. The number of thioether (sulfide) groups is 1. The van der Waals surface area contributed by atoms with E-state index < -0.39 is 0 Å². The normalized spacial score (nSPS) is 16.8. The molecule has 84 valence electrons. The van der Waals surface area contributed by atoms with Crippen molar-refractivity contribution in [2.45, 2.75) is 31.1 Å². The molecule has 2 rings (SSSR count). The summed E-state index contributed by atoms with van der Waals surface area (Å²) in [5.74, 6) is 0.258. The number of ketones is 1. The van der Waals surface area contributed by atoms with Crippen LogP contribution >= 0.6 is 23.4 Å². The van der Waals surface area contributed by atoms with E-state index in [0.29, 0.717) is 11.4 Å². The molecule has 3 heteroatoms. The van der Waals surface area contributed by atoms with Crippen LogP contribution in [0.2, 0.25) is 5.02 Å². The average Bonchev–Trinajstić information content (AvgIpc) is 2.26. The summed E-state index contributed by atoms with van der Waals surface area (Å²) in [4.78, 5) is 13.7.